The number of nitrogens with one attached hydrogen (secondary N) is 1. The molecule has 0 unspecified atom stereocenters. The second-order valence-corrected chi connectivity index (χ2v) is 7.15. The molecule has 6 nitrogen and oxygen atoms in total. The van der Waals surface area contributed by atoms with E-state index in [9.17, 15) is 14.7 Å². The molecule has 1 aromatic carbocycles. The number of fused-ring (bicyclic) bond motifs is 2. The predicted octanol–water partition coefficient (Wildman–Crippen LogP) is 2.70. The number of amides is 1. The van der Waals surface area contributed by atoms with E-state index in [1.54, 1.807) is 10.7 Å². The van der Waals surface area contributed by atoms with Crippen LogP contribution in [0.5, 0.6) is 0 Å². The van der Waals surface area contributed by atoms with E-state index in [0.717, 1.165) is 12.0 Å². The van der Waals surface area contributed by atoms with Crippen molar-refractivity contribution in [1.82, 2.24) is 9.78 Å². The van der Waals surface area contributed by atoms with Crippen LogP contribution >= 0.6 is 0 Å². The number of anilines is 1. The molecule has 26 heavy (non-hydrogen) atoms. The van der Waals surface area contributed by atoms with Crippen LogP contribution in [-0.2, 0) is 16.1 Å². The number of nitrogens with zero attached hydrogens (tertiary/aromatic N) is 2. The summed E-state index contributed by atoms with van der Waals surface area (Å²) < 4.78 is 1.77. The van der Waals surface area contributed by atoms with Gasteiger partial charge in [0.15, 0.2) is 5.82 Å². The minimum Gasteiger partial charge on any atom is -0.481 e. The topological polar surface area (TPSA) is 84.2 Å². The second kappa shape index (κ2) is 6.44. The maximum absolute atomic E-state index is 12.7. The molecule has 134 valence electrons. The SMILES string of the molecule is Cc1ccccc1Cn1ccc(NC(=O)[C@H]2[C@H](C(=O)O)[C@H]3C=C[C@H]2C3)n1. The normalized spacial score (nSPS) is 26.2. The number of carboxylic acids is 1. The molecule has 1 heterocycles. The number of carbonyl (C=O) groups excluding carboxylic acids is 1. The molecule has 6 heteroatoms. The molecule has 2 N–H and O–H groups in total. The Morgan fingerprint density at radius 3 is 2.65 bits per heavy atom. The van der Waals surface area contributed by atoms with E-state index in [1.165, 1.54) is 5.56 Å². The van der Waals surface area contributed by atoms with Crippen LogP contribution in [-0.4, -0.2) is 26.8 Å². The summed E-state index contributed by atoms with van der Waals surface area (Å²) in [5.41, 5.74) is 2.35. The van der Waals surface area contributed by atoms with Gasteiger partial charge in [0, 0.05) is 12.3 Å². The number of aryl methyl sites for hydroxylation is 1. The lowest BCUT2D eigenvalue weighted by atomic mass is 9.82. The van der Waals surface area contributed by atoms with Gasteiger partial charge in [-0.2, -0.15) is 5.10 Å². The highest BCUT2D eigenvalue weighted by molar-refractivity contribution is 5.95. The van der Waals surface area contributed by atoms with E-state index < -0.39 is 17.8 Å². The molecule has 2 aromatic rings. The van der Waals surface area contributed by atoms with Crippen molar-refractivity contribution in [2.75, 3.05) is 5.32 Å². The molecule has 1 fully saturated rings. The third kappa shape index (κ3) is 2.92. The van der Waals surface area contributed by atoms with E-state index in [0.29, 0.717) is 12.4 Å². The van der Waals surface area contributed by atoms with Crippen LogP contribution < -0.4 is 5.32 Å². The van der Waals surface area contributed by atoms with Crippen molar-refractivity contribution >= 4 is 17.7 Å². The molecule has 4 atom stereocenters. The fourth-order valence-electron chi connectivity index (χ4n) is 4.20. The Balaban J connectivity index is 1.46. The van der Waals surface area contributed by atoms with Gasteiger partial charge >= 0.3 is 5.97 Å². The number of allylic oxidation sites excluding steroid dienone is 2. The van der Waals surface area contributed by atoms with Gasteiger partial charge in [-0.05, 0) is 36.3 Å². The molecule has 2 aliphatic rings. The molecule has 0 aliphatic heterocycles. The summed E-state index contributed by atoms with van der Waals surface area (Å²) in [5.74, 6) is -1.88. The fourth-order valence-corrected chi connectivity index (χ4v) is 4.20. The molecule has 0 saturated heterocycles. The van der Waals surface area contributed by atoms with Gasteiger partial charge < -0.3 is 10.4 Å². The third-order valence-electron chi connectivity index (χ3n) is 5.53. The first-order valence-electron chi connectivity index (χ1n) is 8.83. The number of hydrogen-bond acceptors (Lipinski definition) is 3. The molecule has 1 aromatic heterocycles. The molecule has 1 amide bonds. The monoisotopic (exact) mass is 351 g/mol. The van der Waals surface area contributed by atoms with Crippen LogP contribution in [0.2, 0.25) is 0 Å². The predicted molar refractivity (Wildman–Crippen MR) is 96.5 cm³/mol. The van der Waals surface area contributed by atoms with E-state index in [4.69, 9.17) is 0 Å². The average molecular weight is 351 g/mol. The smallest absolute Gasteiger partial charge is 0.307 e. The van der Waals surface area contributed by atoms with Crippen LogP contribution in [0.4, 0.5) is 5.82 Å². The Morgan fingerprint density at radius 1 is 1.19 bits per heavy atom. The minimum absolute atomic E-state index is 0.00940. The standard InChI is InChI=1S/C20H21N3O3/c1-12-4-2-3-5-15(12)11-23-9-8-16(22-23)21-19(24)17-13-6-7-14(10-13)18(17)20(25)26/h2-9,13-14,17-18H,10-11H2,1H3,(H,25,26)(H,21,22,24)/t13-,14-,17+,18+/m0/s1. The summed E-state index contributed by atoms with van der Waals surface area (Å²) in [6, 6.07) is 9.83. The first-order chi connectivity index (χ1) is 12.5. The zero-order valence-electron chi connectivity index (χ0n) is 14.5. The highest BCUT2D eigenvalue weighted by atomic mass is 16.4. The van der Waals surface area contributed by atoms with Gasteiger partial charge in [-0.15, -0.1) is 0 Å². The van der Waals surface area contributed by atoms with Gasteiger partial charge in [-0.3, -0.25) is 14.3 Å². The molecule has 4 rings (SSSR count). The molecule has 2 bridgehead atoms. The van der Waals surface area contributed by atoms with Crippen LogP contribution in [0, 0.1) is 30.6 Å². The van der Waals surface area contributed by atoms with Crippen molar-refractivity contribution in [3.63, 3.8) is 0 Å². The Morgan fingerprint density at radius 2 is 1.92 bits per heavy atom. The van der Waals surface area contributed by atoms with E-state index in [2.05, 4.69) is 23.4 Å². The number of aliphatic carboxylic acids is 1. The van der Waals surface area contributed by atoms with Crippen molar-refractivity contribution in [3.8, 4) is 0 Å². The molecule has 0 spiro atoms. The molecular weight excluding hydrogens is 330 g/mol. The van der Waals surface area contributed by atoms with Crippen molar-refractivity contribution in [3.05, 3.63) is 59.8 Å². The number of carbonyl (C=O) groups is 2. The average Bonchev–Trinajstić information content (AvgIpc) is 3.32. The number of carboxylic acid groups (broad SMARTS) is 1. The lowest BCUT2D eigenvalue weighted by molar-refractivity contribution is -0.146. The number of aromatic nitrogens is 2. The van der Waals surface area contributed by atoms with Gasteiger partial charge in [0.05, 0.1) is 18.4 Å². The van der Waals surface area contributed by atoms with E-state index in [-0.39, 0.29) is 17.7 Å². The molecular formula is C20H21N3O3. The quantitative estimate of drug-likeness (QED) is 0.811. The lowest BCUT2D eigenvalue weighted by Gasteiger charge is -2.23. The van der Waals surface area contributed by atoms with Crippen molar-refractivity contribution in [2.24, 2.45) is 23.7 Å². The first kappa shape index (κ1) is 16.6. The zero-order chi connectivity index (χ0) is 18.3. The van der Waals surface area contributed by atoms with Crippen LogP contribution in [0.3, 0.4) is 0 Å². The summed E-state index contributed by atoms with van der Waals surface area (Å²) in [6.45, 7) is 2.67. The number of benzene rings is 1. The maximum Gasteiger partial charge on any atom is 0.307 e. The summed E-state index contributed by atoms with van der Waals surface area (Å²) in [6.07, 6.45) is 6.48. The van der Waals surface area contributed by atoms with Crippen molar-refractivity contribution in [1.29, 1.82) is 0 Å². The Kier molecular flexibility index (Phi) is 4.11. The first-order valence-corrected chi connectivity index (χ1v) is 8.83. The summed E-state index contributed by atoms with van der Waals surface area (Å²) in [7, 11) is 0. The van der Waals surface area contributed by atoms with Crippen molar-refractivity contribution < 1.29 is 14.7 Å². The largest absolute Gasteiger partial charge is 0.481 e. The molecule has 2 aliphatic carbocycles. The third-order valence-corrected chi connectivity index (χ3v) is 5.53. The fraction of sp³-hybridized carbons (Fsp3) is 0.350. The van der Waals surface area contributed by atoms with Crippen LogP contribution in [0.25, 0.3) is 0 Å². The molecule has 0 radical (unpaired) electrons. The van der Waals surface area contributed by atoms with Gasteiger partial charge in [-0.25, -0.2) is 0 Å². The molecule has 1 saturated carbocycles. The Hall–Kier alpha value is -2.89. The summed E-state index contributed by atoms with van der Waals surface area (Å²) >= 11 is 0. The van der Waals surface area contributed by atoms with Crippen LogP contribution in [0.1, 0.15) is 17.5 Å². The summed E-state index contributed by atoms with van der Waals surface area (Å²) in [5, 5.41) is 16.7. The Bertz CT molecular complexity index is 886. The van der Waals surface area contributed by atoms with Crippen LogP contribution in [0.15, 0.2) is 48.7 Å². The van der Waals surface area contributed by atoms with E-state index in [1.807, 2.05) is 36.5 Å². The second-order valence-electron chi connectivity index (χ2n) is 7.15. The highest BCUT2D eigenvalue weighted by Gasteiger charge is 2.51. The summed E-state index contributed by atoms with van der Waals surface area (Å²) in [4.78, 5) is 24.2. The maximum atomic E-state index is 12.7. The van der Waals surface area contributed by atoms with Gasteiger partial charge in [0.25, 0.3) is 0 Å². The van der Waals surface area contributed by atoms with E-state index >= 15 is 0 Å². The number of rotatable bonds is 5. The van der Waals surface area contributed by atoms with Gasteiger partial charge in [-0.1, -0.05) is 36.4 Å². The van der Waals surface area contributed by atoms with Crippen molar-refractivity contribution in [2.45, 2.75) is 19.9 Å². The lowest BCUT2D eigenvalue weighted by Crippen LogP contribution is -2.36. The Labute approximate surface area is 151 Å². The number of hydrogen-bond donors (Lipinski definition) is 2. The highest BCUT2D eigenvalue weighted by Crippen LogP contribution is 2.48. The van der Waals surface area contributed by atoms with Gasteiger partial charge in [0.1, 0.15) is 0 Å². The van der Waals surface area contributed by atoms with Gasteiger partial charge in [0.2, 0.25) is 5.91 Å². The minimum atomic E-state index is -0.896. The zero-order valence-corrected chi connectivity index (χ0v) is 14.5.